The normalized spacial score (nSPS) is 11.4. The van der Waals surface area contributed by atoms with Crippen LogP contribution < -0.4 is 0 Å². The molecular weight excluding hydrogens is 610 g/mol. The summed E-state index contributed by atoms with van der Waals surface area (Å²) in [4.78, 5) is 15.1. The Morgan fingerprint density at radius 3 is 1.75 bits per heavy atom. The summed E-state index contributed by atoms with van der Waals surface area (Å²) < 4.78 is 6.34. The van der Waals surface area contributed by atoms with Crippen LogP contribution in [0.1, 0.15) is 0 Å². The molecule has 0 fully saturated rings. The van der Waals surface area contributed by atoms with Crippen LogP contribution in [0.15, 0.2) is 162 Å². The largest absolute Gasteiger partial charge is 0.456 e. The van der Waals surface area contributed by atoms with Crippen molar-refractivity contribution in [2.75, 3.05) is 0 Å². The summed E-state index contributed by atoms with van der Waals surface area (Å²) in [5.41, 5.74) is 8.41. The van der Waals surface area contributed by atoms with Gasteiger partial charge in [0.1, 0.15) is 11.2 Å². The van der Waals surface area contributed by atoms with E-state index in [0.29, 0.717) is 28.1 Å². The number of nitrogens with zero attached hydrogens (tertiary/aromatic N) is 3. The molecule has 0 unspecified atom stereocenters. The van der Waals surface area contributed by atoms with Gasteiger partial charge in [0, 0.05) is 39.1 Å². The average molecular weight is 636 g/mol. The highest BCUT2D eigenvalue weighted by Gasteiger charge is 2.19. The van der Waals surface area contributed by atoms with E-state index in [0.717, 1.165) is 55.3 Å². The number of hydrogen-bond donors (Lipinski definition) is 0. The topological polar surface area (TPSA) is 51.8 Å². The van der Waals surface area contributed by atoms with Crippen LogP contribution >= 0.6 is 11.6 Å². The van der Waals surface area contributed by atoms with Gasteiger partial charge < -0.3 is 4.42 Å². The van der Waals surface area contributed by atoms with Crippen LogP contribution in [0.4, 0.5) is 0 Å². The minimum absolute atomic E-state index is 0.571. The van der Waals surface area contributed by atoms with E-state index in [4.69, 9.17) is 31.0 Å². The lowest BCUT2D eigenvalue weighted by Gasteiger charge is -2.10. The summed E-state index contributed by atoms with van der Waals surface area (Å²) in [7, 11) is 0. The number of fused-ring (bicyclic) bond motifs is 4. The van der Waals surface area contributed by atoms with Crippen LogP contribution in [0.2, 0.25) is 5.02 Å². The Labute approximate surface area is 282 Å². The molecule has 4 nitrogen and oxygen atoms in total. The van der Waals surface area contributed by atoms with Crippen LogP contribution in [0, 0.1) is 0 Å². The van der Waals surface area contributed by atoms with Crippen molar-refractivity contribution in [2.24, 2.45) is 0 Å². The van der Waals surface area contributed by atoms with Gasteiger partial charge in [-0.15, -0.1) is 0 Å². The van der Waals surface area contributed by atoms with E-state index in [9.17, 15) is 0 Å². The second kappa shape index (κ2) is 11.6. The minimum Gasteiger partial charge on any atom is -0.456 e. The van der Waals surface area contributed by atoms with Gasteiger partial charge in [-0.2, -0.15) is 0 Å². The van der Waals surface area contributed by atoms with Crippen molar-refractivity contribution in [1.29, 1.82) is 0 Å². The van der Waals surface area contributed by atoms with Gasteiger partial charge in [-0.05, 0) is 45.7 Å². The predicted octanol–water partition coefficient (Wildman–Crippen LogP) is 11.9. The highest BCUT2D eigenvalue weighted by molar-refractivity contribution is 6.34. The van der Waals surface area contributed by atoms with Crippen molar-refractivity contribution in [3.05, 3.63) is 163 Å². The molecular formula is C43H26ClN3O. The fourth-order valence-corrected chi connectivity index (χ4v) is 6.66. The summed E-state index contributed by atoms with van der Waals surface area (Å²) in [6.45, 7) is 0. The highest BCUT2D eigenvalue weighted by Crippen LogP contribution is 2.41. The lowest BCUT2D eigenvalue weighted by atomic mass is 10.00. The molecule has 0 saturated heterocycles. The third-order valence-electron chi connectivity index (χ3n) is 8.80. The Morgan fingerprint density at radius 2 is 1.00 bits per heavy atom. The van der Waals surface area contributed by atoms with Gasteiger partial charge in [0.05, 0.1) is 5.02 Å². The zero-order chi connectivity index (χ0) is 32.0. The number of hydrogen-bond acceptors (Lipinski definition) is 4. The first-order valence-electron chi connectivity index (χ1n) is 15.8. The third kappa shape index (κ3) is 5.00. The van der Waals surface area contributed by atoms with Crippen molar-refractivity contribution in [3.8, 4) is 56.4 Å². The minimum atomic E-state index is 0.571. The highest BCUT2D eigenvalue weighted by atomic mass is 35.5. The van der Waals surface area contributed by atoms with Gasteiger partial charge >= 0.3 is 0 Å². The van der Waals surface area contributed by atoms with Gasteiger partial charge in [-0.1, -0.05) is 145 Å². The van der Waals surface area contributed by atoms with Crippen molar-refractivity contribution >= 4 is 44.3 Å². The molecule has 0 saturated carbocycles. The smallest absolute Gasteiger partial charge is 0.164 e. The number of furan rings is 1. The van der Waals surface area contributed by atoms with Crippen molar-refractivity contribution in [2.45, 2.75) is 0 Å². The van der Waals surface area contributed by atoms with Crippen molar-refractivity contribution < 1.29 is 4.42 Å². The Kier molecular flexibility index (Phi) is 6.81. The zero-order valence-electron chi connectivity index (χ0n) is 25.6. The molecule has 0 bridgehead atoms. The molecule has 2 aromatic heterocycles. The molecule has 7 aromatic carbocycles. The van der Waals surface area contributed by atoms with E-state index in [1.807, 2.05) is 72.8 Å². The first kappa shape index (κ1) is 28.1. The molecule has 0 aliphatic heterocycles. The van der Waals surface area contributed by atoms with E-state index in [1.165, 1.54) is 10.8 Å². The quantitative estimate of drug-likeness (QED) is 0.189. The summed E-state index contributed by atoms with van der Waals surface area (Å²) in [5.74, 6) is 1.77. The lowest BCUT2D eigenvalue weighted by Crippen LogP contribution is -2.00. The predicted molar refractivity (Wildman–Crippen MR) is 197 cm³/mol. The molecule has 48 heavy (non-hydrogen) atoms. The molecule has 226 valence electrons. The number of aromatic nitrogens is 3. The maximum absolute atomic E-state index is 6.78. The third-order valence-corrected chi connectivity index (χ3v) is 9.12. The van der Waals surface area contributed by atoms with E-state index in [1.54, 1.807) is 0 Å². The molecule has 9 aromatic rings. The fourth-order valence-electron chi connectivity index (χ4n) is 6.39. The lowest BCUT2D eigenvalue weighted by molar-refractivity contribution is 0.669. The fraction of sp³-hybridized carbons (Fsp3) is 0. The molecule has 0 spiro atoms. The molecule has 0 atom stereocenters. The maximum atomic E-state index is 6.78. The van der Waals surface area contributed by atoms with Gasteiger partial charge in [-0.3, -0.25) is 0 Å². The number of halogens is 1. The number of benzene rings is 7. The van der Waals surface area contributed by atoms with Crippen LogP contribution in [-0.2, 0) is 0 Å². The Hall–Kier alpha value is -6.10. The molecule has 2 heterocycles. The maximum Gasteiger partial charge on any atom is 0.164 e. The van der Waals surface area contributed by atoms with Crippen LogP contribution in [-0.4, -0.2) is 15.0 Å². The summed E-state index contributed by atoms with van der Waals surface area (Å²) in [6, 6.07) is 53.6. The second-order valence-electron chi connectivity index (χ2n) is 11.8. The molecule has 0 N–H and O–H groups in total. The van der Waals surface area contributed by atoms with E-state index in [-0.39, 0.29) is 0 Å². The van der Waals surface area contributed by atoms with Gasteiger partial charge in [0.25, 0.3) is 0 Å². The molecule has 0 radical (unpaired) electrons. The van der Waals surface area contributed by atoms with Crippen LogP contribution in [0.5, 0.6) is 0 Å². The second-order valence-corrected chi connectivity index (χ2v) is 12.2. The number of rotatable bonds is 5. The summed E-state index contributed by atoms with van der Waals surface area (Å²) >= 11 is 6.78. The first-order valence-corrected chi connectivity index (χ1v) is 16.2. The monoisotopic (exact) mass is 635 g/mol. The molecule has 9 rings (SSSR count). The SMILES string of the molecule is Clc1cc2oc3cccc(-c4nc(-c5ccccc5)nc(-c5ccc(-c6ccc7ccccc7c6)cc5)n4)c3c2cc1-c1ccccc1. The van der Waals surface area contributed by atoms with Gasteiger partial charge in [-0.25, -0.2) is 15.0 Å². The molecule has 0 aliphatic rings. The van der Waals surface area contributed by atoms with Gasteiger partial charge in [0.15, 0.2) is 17.5 Å². The van der Waals surface area contributed by atoms with E-state index >= 15 is 0 Å². The molecule has 0 aliphatic carbocycles. The van der Waals surface area contributed by atoms with Crippen molar-refractivity contribution in [3.63, 3.8) is 0 Å². The Bertz CT molecular complexity index is 2610. The van der Waals surface area contributed by atoms with E-state index < -0.39 is 0 Å². The van der Waals surface area contributed by atoms with Crippen molar-refractivity contribution in [1.82, 2.24) is 15.0 Å². The standard InChI is InChI=1S/C43H26ClN3O/c44-37-26-39-36(25-35(37)29-11-3-1-4-12-29)40-34(16-9-17-38(40)48-39)43-46-41(30-13-5-2-6-14-30)45-42(47-43)31-21-18-28(19-22-31)33-23-20-27-10-7-8-15-32(27)24-33/h1-26H. The molecule has 0 amide bonds. The van der Waals surface area contributed by atoms with Crippen LogP contribution in [0.3, 0.4) is 0 Å². The Balaban J connectivity index is 1.20. The zero-order valence-corrected chi connectivity index (χ0v) is 26.4. The van der Waals surface area contributed by atoms with E-state index in [2.05, 4.69) is 84.9 Å². The molecule has 5 heteroatoms. The summed E-state index contributed by atoms with van der Waals surface area (Å²) in [6.07, 6.45) is 0. The average Bonchev–Trinajstić information content (AvgIpc) is 3.52. The Morgan fingerprint density at radius 1 is 0.396 bits per heavy atom. The first-order chi connectivity index (χ1) is 23.7. The van der Waals surface area contributed by atoms with Gasteiger partial charge in [0.2, 0.25) is 0 Å². The summed E-state index contributed by atoms with van der Waals surface area (Å²) in [5, 5.41) is 4.96. The van der Waals surface area contributed by atoms with Crippen LogP contribution in [0.25, 0.3) is 89.1 Å².